The third-order valence-corrected chi connectivity index (χ3v) is 13.5. The standard InChI is InChI=1S/C64H109NO10/c1-4-7-10-13-16-19-22-24-26-27-28-29-30-31-32-34-37-40-43-46-49-52-59(69)75-62-61(71)60(70)58(53-66)74-64(62)73-54-55(56(67)50-47-44-41-38-35-21-18-15-12-9-6-3)65-63(72)57(68)51-48-45-42-39-36-33-25-23-20-17-14-11-8-5-2/h7,10,16-17,19-20,23-26,28-29,31-32,47,50,55-58,60-62,64,66-68,70-71H,4-6,8-9,11-15,18,21-22,27,30,33-46,48-49,51-54H2,1-3H3,(H,65,72)/b10-7-,19-16-,20-17+,25-23+,26-24-,29-28-,32-31-,50-47+. The largest absolute Gasteiger partial charge is 0.454 e. The van der Waals surface area contributed by atoms with Crippen LogP contribution in [0.5, 0.6) is 0 Å². The predicted molar refractivity (Wildman–Crippen MR) is 310 cm³/mol. The number of ether oxygens (including phenoxy) is 3. The van der Waals surface area contributed by atoms with Crippen molar-refractivity contribution in [2.24, 2.45) is 0 Å². The summed E-state index contributed by atoms with van der Waals surface area (Å²) in [5.41, 5.74) is 0. The van der Waals surface area contributed by atoms with Crippen LogP contribution < -0.4 is 5.32 Å². The molecule has 0 aromatic carbocycles. The van der Waals surface area contributed by atoms with E-state index in [1.54, 1.807) is 6.08 Å². The Balaban J connectivity index is 2.70. The molecule has 1 amide bonds. The summed E-state index contributed by atoms with van der Waals surface area (Å²) in [6.45, 7) is 5.60. The zero-order valence-corrected chi connectivity index (χ0v) is 47.4. The van der Waals surface area contributed by atoms with Crippen LogP contribution in [-0.2, 0) is 23.8 Å². The van der Waals surface area contributed by atoms with Crippen molar-refractivity contribution in [1.82, 2.24) is 5.32 Å². The fourth-order valence-electron chi connectivity index (χ4n) is 8.73. The highest BCUT2D eigenvalue weighted by atomic mass is 16.7. The maximum absolute atomic E-state index is 13.4. The molecule has 75 heavy (non-hydrogen) atoms. The predicted octanol–water partition coefficient (Wildman–Crippen LogP) is 13.9. The maximum Gasteiger partial charge on any atom is 0.306 e. The minimum absolute atomic E-state index is 0.0950. The molecule has 11 nitrogen and oxygen atoms in total. The van der Waals surface area contributed by atoms with Crippen LogP contribution in [-0.4, -0.2) is 99.6 Å². The normalized spacial score (nSPS) is 19.9. The lowest BCUT2D eigenvalue weighted by molar-refractivity contribution is -0.305. The lowest BCUT2D eigenvalue weighted by Crippen LogP contribution is -2.61. The molecule has 1 aliphatic heterocycles. The fraction of sp³-hybridized carbons (Fsp3) is 0.719. The summed E-state index contributed by atoms with van der Waals surface area (Å²) in [4.78, 5) is 26.5. The van der Waals surface area contributed by atoms with Gasteiger partial charge >= 0.3 is 5.97 Å². The fourth-order valence-corrected chi connectivity index (χ4v) is 8.73. The molecular weight excluding hydrogens is 943 g/mol. The van der Waals surface area contributed by atoms with E-state index in [9.17, 15) is 35.1 Å². The van der Waals surface area contributed by atoms with Crippen LogP contribution in [0.3, 0.4) is 0 Å². The van der Waals surface area contributed by atoms with Crippen molar-refractivity contribution in [3.63, 3.8) is 0 Å². The van der Waals surface area contributed by atoms with Gasteiger partial charge in [-0.1, -0.05) is 227 Å². The third kappa shape index (κ3) is 39.6. The van der Waals surface area contributed by atoms with Crippen LogP contribution in [0.15, 0.2) is 97.2 Å². The first-order valence-corrected chi connectivity index (χ1v) is 30.0. The molecule has 1 fully saturated rings. The average Bonchev–Trinajstić information content (AvgIpc) is 3.41. The van der Waals surface area contributed by atoms with Gasteiger partial charge in [0.1, 0.15) is 24.4 Å². The summed E-state index contributed by atoms with van der Waals surface area (Å²) in [5, 5.41) is 56.8. The Kier molecular flexibility index (Phi) is 47.6. The topological polar surface area (TPSA) is 175 Å². The molecule has 430 valence electrons. The molecule has 1 saturated heterocycles. The zero-order chi connectivity index (χ0) is 54.7. The van der Waals surface area contributed by atoms with E-state index in [4.69, 9.17) is 14.2 Å². The van der Waals surface area contributed by atoms with E-state index in [0.29, 0.717) is 12.8 Å². The van der Waals surface area contributed by atoms with E-state index < -0.39 is 67.4 Å². The van der Waals surface area contributed by atoms with E-state index in [1.165, 1.54) is 57.8 Å². The van der Waals surface area contributed by atoms with Crippen LogP contribution in [0.2, 0.25) is 0 Å². The van der Waals surface area contributed by atoms with E-state index in [2.05, 4.69) is 111 Å². The Bertz CT molecular complexity index is 1580. The van der Waals surface area contributed by atoms with Crippen LogP contribution in [0.25, 0.3) is 0 Å². The van der Waals surface area contributed by atoms with Gasteiger partial charge in [0.25, 0.3) is 0 Å². The van der Waals surface area contributed by atoms with Gasteiger partial charge in [0.05, 0.1) is 25.4 Å². The third-order valence-electron chi connectivity index (χ3n) is 13.5. The van der Waals surface area contributed by atoms with Gasteiger partial charge in [0.15, 0.2) is 12.4 Å². The second kappa shape index (κ2) is 51.3. The van der Waals surface area contributed by atoms with Crippen molar-refractivity contribution in [3.05, 3.63) is 97.2 Å². The molecule has 1 rings (SSSR count). The summed E-state index contributed by atoms with van der Waals surface area (Å²) in [5.74, 6) is -1.23. The van der Waals surface area contributed by atoms with Crippen molar-refractivity contribution in [2.75, 3.05) is 13.2 Å². The first-order chi connectivity index (χ1) is 36.7. The number of esters is 1. The van der Waals surface area contributed by atoms with Crippen LogP contribution in [0, 0.1) is 0 Å². The summed E-state index contributed by atoms with van der Waals surface area (Å²) >= 11 is 0. The smallest absolute Gasteiger partial charge is 0.306 e. The number of carbonyl (C=O) groups is 2. The van der Waals surface area contributed by atoms with Crippen molar-refractivity contribution >= 4 is 11.9 Å². The highest BCUT2D eigenvalue weighted by Crippen LogP contribution is 2.26. The molecule has 0 aromatic heterocycles. The van der Waals surface area contributed by atoms with E-state index in [1.807, 2.05) is 6.08 Å². The SMILES string of the molecule is CC/C=C\C/C=C\C/C=C\C/C=C\C/C=C\CCCCCCCC(=O)OC1C(OCC(NC(=O)C(O)CCCCCCC/C=C/C=C/CCCCC)C(O)/C=C/CCCCCCCCCCC)OC(CO)C(O)C1O. The molecule has 0 spiro atoms. The number of aliphatic hydroxyl groups is 5. The first kappa shape index (κ1) is 69.6. The van der Waals surface area contributed by atoms with Gasteiger partial charge in [0, 0.05) is 6.42 Å². The number of allylic oxidation sites excluding steroid dienone is 15. The molecule has 0 aromatic rings. The molecule has 1 heterocycles. The second-order valence-electron chi connectivity index (χ2n) is 20.4. The van der Waals surface area contributed by atoms with Crippen LogP contribution in [0.1, 0.15) is 233 Å². The number of rotatable bonds is 49. The molecule has 0 bridgehead atoms. The lowest BCUT2D eigenvalue weighted by atomic mass is 9.99. The van der Waals surface area contributed by atoms with E-state index in [0.717, 1.165) is 128 Å². The highest BCUT2D eigenvalue weighted by molar-refractivity contribution is 5.80. The quantitative estimate of drug-likeness (QED) is 0.0149. The Labute approximate surface area is 456 Å². The summed E-state index contributed by atoms with van der Waals surface area (Å²) in [6.07, 6.45) is 57.3. The van der Waals surface area contributed by atoms with E-state index >= 15 is 0 Å². The van der Waals surface area contributed by atoms with Gasteiger partial charge in [-0.25, -0.2) is 0 Å². The van der Waals surface area contributed by atoms with E-state index in [-0.39, 0.29) is 19.4 Å². The summed E-state index contributed by atoms with van der Waals surface area (Å²) in [7, 11) is 0. The van der Waals surface area contributed by atoms with Gasteiger partial charge in [-0.15, -0.1) is 0 Å². The number of aliphatic hydroxyl groups excluding tert-OH is 5. The molecule has 0 radical (unpaired) electrons. The molecular formula is C64H109NO10. The second-order valence-corrected chi connectivity index (χ2v) is 20.4. The van der Waals surface area contributed by atoms with Crippen LogP contribution >= 0.6 is 0 Å². The van der Waals surface area contributed by atoms with Crippen molar-refractivity contribution in [2.45, 2.75) is 282 Å². The molecule has 8 unspecified atom stereocenters. The number of hydrogen-bond donors (Lipinski definition) is 6. The molecule has 11 heteroatoms. The lowest BCUT2D eigenvalue weighted by Gasteiger charge is -2.41. The number of nitrogens with one attached hydrogen (secondary N) is 1. The zero-order valence-electron chi connectivity index (χ0n) is 47.4. The number of amides is 1. The summed E-state index contributed by atoms with van der Waals surface area (Å²) in [6, 6.07) is -1.04. The Morgan fingerprint density at radius 3 is 1.55 bits per heavy atom. The first-order valence-electron chi connectivity index (χ1n) is 30.0. The molecule has 0 aliphatic carbocycles. The van der Waals surface area contributed by atoms with Gasteiger partial charge < -0.3 is 45.1 Å². The Morgan fingerprint density at radius 2 is 1.00 bits per heavy atom. The van der Waals surface area contributed by atoms with Crippen molar-refractivity contribution < 1.29 is 49.3 Å². The van der Waals surface area contributed by atoms with Crippen LogP contribution in [0.4, 0.5) is 0 Å². The minimum atomic E-state index is -1.63. The number of unbranched alkanes of at least 4 members (excludes halogenated alkanes) is 22. The molecule has 1 aliphatic rings. The van der Waals surface area contributed by atoms with Gasteiger partial charge in [0.2, 0.25) is 5.91 Å². The minimum Gasteiger partial charge on any atom is -0.454 e. The molecule has 6 N–H and O–H groups in total. The number of hydrogen-bond acceptors (Lipinski definition) is 10. The summed E-state index contributed by atoms with van der Waals surface area (Å²) < 4.78 is 17.6. The molecule has 8 atom stereocenters. The van der Waals surface area contributed by atoms with Gasteiger partial charge in [-0.3, -0.25) is 9.59 Å². The molecule has 0 saturated carbocycles. The van der Waals surface area contributed by atoms with Crippen molar-refractivity contribution in [3.8, 4) is 0 Å². The van der Waals surface area contributed by atoms with Gasteiger partial charge in [-0.2, -0.15) is 0 Å². The monoisotopic (exact) mass is 1050 g/mol. The number of carbonyl (C=O) groups excluding carboxylic acids is 2. The Morgan fingerprint density at radius 1 is 0.547 bits per heavy atom. The average molecular weight is 1050 g/mol. The highest BCUT2D eigenvalue weighted by Gasteiger charge is 2.47. The van der Waals surface area contributed by atoms with Crippen molar-refractivity contribution in [1.29, 1.82) is 0 Å². The van der Waals surface area contributed by atoms with Gasteiger partial charge in [-0.05, 0) is 96.3 Å². The maximum atomic E-state index is 13.4. The Hall–Kier alpha value is -3.42.